The summed E-state index contributed by atoms with van der Waals surface area (Å²) in [6.07, 6.45) is 1.14. The number of ketones is 1. The molecule has 0 unspecified atom stereocenters. The van der Waals surface area contributed by atoms with E-state index >= 15 is 0 Å². The van der Waals surface area contributed by atoms with Gasteiger partial charge in [0.1, 0.15) is 11.6 Å². The molecule has 0 radical (unpaired) electrons. The van der Waals surface area contributed by atoms with Crippen LogP contribution < -0.4 is 5.32 Å². The molecule has 1 heterocycles. The first-order chi connectivity index (χ1) is 13.2. The van der Waals surface area contributed by atoms with Gasteiger partial charge >= 0.3 is 5.97 Å². The van der Waals surface area contributed by atoms with Crippen LogP contribution in [-0.4, -0.2) is 46.7 Å². The minimum atomic E-state index is -0.737. The van der Waals surface area contributed by atoms with Crippen LogP contribution in [-0.2, 0) is 30.5 Å². The van der Waals surface area contributed by atoms with E-state index in [-0.39, 0.29) is 31.3 Å². The summed E-state index contributed by atoms with van der Waals surface area (Å²) < 4.78 is 5.19. The summed E-state index contributed by atoms with van der Waals surface area (Å²) in [7, 11) is 0. The van der Waals surface area contributed by atoms with Crippen LogP contribution in [0.25, 0.3) is 0 Å². The van der Waals surface area contributed by atoms with Gasteiger partial charge in [-0.1, -0.05) is 30.3 Å². The highest BCUT2D eigenvalue weighted by molar-refractivity contribution is 6.38. The summed E-state index contributed by atoms with van der Waals surface area (Å²) >= 11 is 0. The first kappa shape index (κ1) is 21.6. The van der Waals surface area contributed by atoms with E-state index in [1.54, 1.807) is 20.8 Å². The molecule has 1 N–H and O–H groups in total. The highest BCUT2D eigenvalue weighted by Crippen LogP contribution is 2.22. The molecule has 0 bridgehead atoms. The van der Waals surface area contributed by atoms with Gasteiger partial charge in [-0.25, -0.2) is 0 Å². The molecule has 0 aromatic heterocycles. The van der Waals surface area contributed by atoms with Crippen LogP contribution >= 0.6 is 0 Å². The molecule has 0 spiro atoms. The maximum atomic E-state index is 12.5. The normalized spacial score (nSPS) is 16.8. The summed E-state index contributed by atoms with van der Waals surface area (Å²) in [5, 5.41) is 2.54. The quantitative estimate of drug-likeness (QED) is 0.418. The van der Waals surface area contributed by atoms with Crippen LogP contribution in [0.2, 0.25) is 0 Å². The number of esters is 1. The summed E-state index contributed by atoms with van der Waals surface area (Å²) in [5.74, 6) is -1.80. The molecule has 2 rings (SSSR count). The van der Waals surface area contributed by atoms with Gasteiger partial charge in [0.15, 0.2) is 0 Å². The second-order valence-electron chi connectivity index (χ2n) is 7.87. The van der Waals surface area contributed by atoms with Crippen molar-refractivity contribution < 1.29 is 23.9 Å². The van der Waals surface area contributed by atoms with Crippen molar-refractivity contribution in [3.05, 3.63) is 35.9 Å². The molecule has 1 saturated heterocycles. The number of carbonyl (C=O) groups is 4. The third kappa shape index (κ3) is 6.48. The van der Waals surface area contributed by atoms with Crippen molar-refractivity contribution >= 4 is 23.6 Å². The monoisotopic (exact) mass is 388 g/mol. The van der Waals surface area contributed by atoms with E-state index < -0.39 is 23.3 Å². The number of rotatable bonds is 8. The predicted molar refractivity (Wildman–Crippen MR) is 103 cm³/mol. The van der Waals surface area contributed by atoms with Crippen molar-refractivity contribution in [2.75, 3.05) is 6.54 Å². The Balaban J connectivity index is 1.82. The summed E-state index contributed by atoms with van der Waals surface area (Å²) in [6.45, 7) is 5.87. The van der Waals surface area contributed by atoms with Gasteiger partial charge in [0.05, 0.1) is 0 Å². The molecule has 7 heteroatoms. The van der Waals surface area contributed by atoms with E-state index in [2.05, 4.69) is 5.32 Å². The average molecular weight is 388 g/mol. The minimum Gasteiger partial charge on any atom is -0.460 e. The van der Waals surface area contributed by atoms with E-state index in [1.165, 1.54) is 4.90 Å². The van der Waals surface area contributed by atoms with Crippen molar-refractivity contribution in [1.82, 2.24) is 10.2 Å². The van der Waals surface area contributed by atoms with Gasteiger partial charge in [-0.05, 0) is 39.2 Å². The maximum absolute atomic E-state index is 12.5. The Morgan fingerprint density at radius 3 is 2.50 bits per heavy atom. The van der Waals surface area contributed by atoms with E-state index in [9.17, 15) is 19.2 Å². The molecule has 7 nitrogen and oxygen atoms in total. The van der Waals surface area contributed by atoms with Crippen molar-refractivity contribution in [2.45, 2.75) is 64.6 Å². The SMILES string of the molecule is CC(C)(C)OC(=O)CCCNC(=O)C(=O)[C@H]1CCC(=O)N1Cc1ccccc1. The molecule has 1 aromatic rings. The number of nitrogens with zero attached hydrogens (tertiary/aromatic N) is 1. The topological polar surface area (TPSA) is 92.8 Å². The zero-order valence-electron chi connectivity index (χ0n) is 16.7. The molecule has 152 valence electrons. The number of ether oxygens (including phenoxy) is 1. The third-order valence-corrected chi connectivity index (χ3v) is 4.31. The fourth-order valence-electron chi connectivity index (χ4n) is 3.05. The average Bonchev–Trinajstić information content (AvgIpc) is 2.98. The number of hydrogen-bond acceptors (Lipinski definition) is 5. The largest absolute Gasteiger partial charge is 0.460 e. The third-order valence-electron chi connectivity index (χ3n) is 4.31. The Morgan fingerprint density at radius 1 is 1.18 bits per heavy atom. The van der Waals surface area contributed by atoms with Crippen molar-refractivity contribution in [3.8, 4) is 0 Å². The van der Waals surface area contributed by atoms with Crippen LogP contribution in [0.5, 0.6) is 0 Å². The van der Waals surface area contributed by atoms with E-state index in [1.807, 2.05) is 30.3 Å². The second kappa shape index (κ2) is 9.48. The van der Waals surface area contributed by atoms with Gasteiger partial charge in [0, 0.05) is 25.9 Å². The van der Waals surface area contributed by atoms with Crippen LogP contribution in [0.1, 0.15) is 52.0 Å². The standard InChI is InChI=1S/C21H28N2O5/c1-21(2,3)28-18(25)10-7-13-22-20(27)19(26)16-11-12-17(24)23(16)14-15-8-5-4-6-9-15/h4-6,8-9,16H,7,10-14H2,1-3H3,(H,22,27)/t16-/m1/s1. The van der Waals surface area contributed by atoms with Gasteiger partial charge in [0.25, 0.3) is 5.91 Å². The highest BCUT2D eigenvalue weighted by Gasteiger charge is 2.38. The predicted octanol–water partition coefficient (Wildman–Crippen LogP) is 1.98. The Labute approximate surface area is 165 Å². The molecule has 1 fully saturated rings. The van der Waals surface area contributed by atoms with Crippen LogP contribution in [0, 0.1) is 0 Å². The zero-order chi connectivity index (χ0) is 20.7. The van der Waals surface area contributed by atoms with E-state index in [0.29, 0.717) is 19.4 Å². The lowest BCUT2D eigenvalue weighted by Crippen LogP contribution is -2.45. The Kier molecular flexibility index (Phi) is 7.31. The smallest absolute Gasteiger partial charge is 0.306 e. The van der Waals surface area contributed by atoms with Crippen molar-refractivity contribution in [2.24, 2.45) is 0 Å². The Bertz CT molecular complexity index is 724. The molecule has 28 heavy (non-hydrogen) atoms. The lowest BCUT2D eigenvalue weighted by molar-refractivity contribution is -0.155. The maximum Gasteiger partial charge on any atom is 0.306 e. The lowest BCUT2D eigenvalue weighted by Gasteiger charge is -2.23. The highest BCUT2D eigenvalue weighted by atomic mass is 16.6. The van der Waals surface area contributed by atoms with Gasteiger partial charge < -0.3 is 15.0 Å². The second-order valence-corrected chi connectivity index (χ2v) is 7.87. The molecule has 2 amide bonds. The summed E-state index contributed by atoms with van der Waals surface area (Å²) in [6, 6.07) is 8.63. The van der Waals surface area contributed by atoms with E-state index in [0.717, 1.165) is 5.56 Å². The van der Waals surface area contributed by atoms with Gasteiger partial charge in [-0.2, -0.15) is 0 Å². The Hall–Kier alpha value is -2.70. The molecular weight excluding hydrogens is 360 g/mol. The molecule has 1 aliphatic rings. The van der Waals surface area contributed by atoms with E-state index in [4.69, 9.17) is 4.74 Å². The minimum absolute atomic E-state index is 0.125. The molecular formula is C21H28N2O5. The summed E-state index contributed by atoms with van der Waals surface area (Å²) in [5.41, 5.74) is 0.362. The fraction of sp³-hybridized carbons (Fsp3) is 0.524. The molecule has 1 aliphatic heterocycles. The summed E-state index contributed by atoms with van der Waals surface area (Å²) in [4.78, 5) is 50.0. The first-order valence-corrected chi connectivity index (χ1v) is 9.54. The van der Waals surface area contributed by atoms with Gasteiger partial charge in [-0.3, -0.25) is 19.2 Å². The first-order valence-electron chi connectivity index (χ1n) is 9.54. The number of carbonyl (C=O) groups excluding carboxylic acids is 4. The molecule has 1 atom stereocenters. The fourth-order valence-corrected chi connectivity index (χ4v) is 3.05. The van der Waals surface area contributed by atoms with Crippen molar-refractivity contribution in [3.63, 3.8) is 0 Å². The van der Waals surface area contributed by atoms with Gasteiger partial charge in [-0.15, -0.1) is 0 Å². The molecule has 1 aromatic carbocycles. The van der Waals surface area contributed by atoms with Crippen molar-refractivity contribution in [1.29, 1.82) is 0 Å². The molecule has 0 aliphatic carbocycles. The van der Waals surface area contributed by atoms with Crippen LogP contribution in [0.15, 0.2) is 30.3 Å². The number of nitrogens with one attached hydrogen (secondary N) is 1. The lowest BCUT2D eigenvalue weighted by atomic mass is 10.1. The number of likely N-dealkylation sites (tertiary alicyclic amines) is 1. The van der Waals surface area contributed by atoms with Crippen LogP contribution in [0.3, 0.4) is 0 Å². The Morgan fingerprint density at radius 2 is 1.86 bits per heavy atom. The van der Waals surface area contributed by atoms with Gasteiger partial charge in [0.2, 0.25) is 11.7 Å². The van der Waals surface area contributed by atoms with Crippen LogP contribution in [0.4, 0.5) is 0 Å². The number of hydrogen-bond donors (Lipinski definition) is 1. The number of amides is 2. The zero-order valence-corrected chi connectivity index (χ0v) is 16.7. The number of benzene rings is 1. The number of Topliss-reactive ketones (excluding diaryl/α,β-unsaturated/α-hetero) is 1. The molecule has 0 saturated carbocycles.